The van der Waals surface area contributed by atoms with Crippen LogP contribution in [0.4, 0.5) is 17.2 Å². The van der Waals surface area contributed by atoms with Crippen molar-refractivity contribution in [1.82, 2.24) is 4.98 Å². The first-order valence-electron chi connectivity index (χ1n) is 7.29. The van der Waals surface area contributed by atoms with Crippen LogP contribution in [0.5, 0.6) is 11.5 Å². The highest BCUT2D eigenvalue weighted by molar-refractivity contribution is 5.91. The monoisotopic (exact) mass is 315 g/mol. The minimum absolute atomic E-state index is 0.0573. The molecule has 0 aliphatic rings. The van der Waals surface area contributed by atoms with Crippen molar-refractivity contribution in [1.29, 1.82) is 0 Å². The molecule has 2 aromatic rings. The molecule has 0 radical (unpaired) electrons. The van der Waals surface area contributed by atoms with Gasteiger partial charge in [0.05, 0.1) is 26.1 Å². The Balaban J connectivity index is 2.07. The molecule has 0 atom stereocenters. The molecule has 2 N–H and O–H groups in total. The van der Waals surface area contributed by atoms with Gasteiger partial charge in [-0.1, -0.05) is 13.8 Å². The highest BCUT2D eigenvalue weighted by atomic mass is 16.5. The maximum absolute atomic E-state index is 11.6. The largest absolute Gasteiger partial charge is 0.493 e. The van der Waals surface area contributed by atoms with Crippen LogP contribution in [0.15, 0.2) is 36.5 Å². The standard InChI is InChI=1S/C17H21N3O3/c1-11(2)17(21)20-16-8-6-13(10-18-16)19-12-5-7-14(22-3)15(9-12)23-4/h5-11,19H,1-4H3,(H,18,20,21). The molecule has 6 heteroatoms. The highest BCUT2D eigenvalue weighted by Crippen LogP contribution is 2.31. The van der Waals surface area contributed by atoms with Crippen LogP contribution in [-0.4, -0.2) is 25.1 Å². The number of ether oxygens (including phenoxy) is 2. The SMILES string of the molecule is COc1ccc(Nc2ccc(NC(=O)C(C)C)nc2)cc1OC. The van der Waals surface area contributed by atoms with E-state index in [0.29, 0.717) is 17.3 Å². The second kappa shape index (κ2) is 7.49. The number of carbonyl (C=O) groups is 1. The molecular weight excluding hydrogens is 294 g/mol. The third-order valence-corrected chi connectivity index (χ3v) is 3.21. The van der Waals surface area contributed by atoms with Crippen LogP contribution in [0.1, 0.15) is 13.8 Å². The fourth-order valence-corrected chi connectivity index (χ4v) is 1.89. The molecule has 1 amide bonds. The second-order valence-electron chi connectivity index (χ2n) is 5.27. The first-order valence-corrected chi connectivity index (χ1v) is 7.29. The summed E-state index contributed by atoms with van der Waals surface area (Å²) in [6, 6.07) is 9.15. The first kappa shape index (κ1) is 16.6. The Hall–Kier alpha value is -2.76. The zero-order valence-corrected chi connectivity index (χ0v) is 13.7. The van der Waals surface area contributed by atoms with Gasteiger partial charge < -0.3 is 20.1 Å². The summed E-state index contributed by atoms with van der Waals surface area (Å²) in [7, 11) is 3.19. The summed E-state index contributed by atoms with van der Waals surface area (Å²) in [5.41, 5.74) is 1.66. The molecule has 1 aromatic heterocycles. The maximum Gasteiger partial charge on any atom is 0.228 e. The molecule has 0 bridgehead atoms. The molecule has 0 saturated heterocycles. The normalized spacial score (nSPS) is 10.3. The summed E-state index contributed by atoms with van der Waals surface area (Å²) >= 11 is 0. The number of amides is 1. The number of anilines is 3. The number of hydrogen-bond acceptors (Lipinski definition) is 5. The molecule has 2 rings (SSSR count). The number of rotatable bonds is 6. The second-order valence-corrected chi connectivity index (χ2v) is 5.27. The summed E-state index contributed by atoms with van der Waals surface area (Å²) in [5.74, 6) is 1.70. The van der Waals surface area contributed by atoms with Gasteiger partial charge >= 0.3 is 0 Å². The molecule has 0 fully saturated rings. The van der Waals surface area contributed by atoms with Gasteiger partial charge in [0.1, 0.15) is 5.82 Å². The number of pyridine rings is 1. The van der Waals surface area contributed by atoms with E-state index < -0.39 is 0 Å². The predicted octanol–water partition coefficient (Wildman–Crippen LogP) is 3.44. The van der Waals surface area contributed by atoms with Crippen molar-refractivity contribution in [2.45, 2.75) is 13.8 Å². The Bertz CT molecular complexity index is 669. The van der Waals surface area contributed by atoms with Crippen molar-refractivity contribution in [3.63, 3.8) is 0 Å². The van der Waals surface area contributed by atoms with Gasteiger partial charge in [-0.2, -0.15) is 0 Å². The van der Waals surface area contributed by atoms with Gasteiger partial charge in [0.25, 0.3) is 0 Å². The van der Waals surface area contributed by atoms with Crippen molar-refractivity contribution in [3.8, 4) is 11.5 Å². The first-order chi connectivity index (χ1) is 11.0. The zero-order chi connectivity index (χ0) is 16.8. The number of nitrogens with one attached hydrogen (secondary N) is 2. The maximum atomic E-state index is 11.6. The van der Waals surface area contributed by atoms with Crippen molar-refractivity contribution in [2.24, 2.45) is 5.92 Å². The van der Waals surface area contributed by atoms with Crippen LogP contribution in [0.3, 0.4) is 0 Å². The Morgan fingerprint density at radius 2 is 1.74 bits per heavy atom. The van der Waals surface area contributed by atoms with E-state index in [1.54, 1.807) is 26.5 Å². The van der Waals surface area contributed by atoms with Gasteiger partial charge in [-0.3, -0.25) is 4.79 Å². The van der Waals surface area contributed by atoms with E-state index in [-0.39, 0.29) is 11.8 Å². The molecule has 6 nitrogen and oxygen atoms in total. The molecule has 0 aliphatic carbocycles. The van der Waals surface area contributed by atoms with Crippen LogP contribution in [0.2, 0.25) is 0 Å². The van der Waals surface area contributed by atoms with Crippen molar-refractivity contribution < 1.29 is 14.3 Å². The molecule has 0 aliphatic heterocycles. The third-order valence-electron chi connectivity index (χ3n) is 3.21. The van der Waals surface area contributed by atoms with E-state index in [1.807, 2.05) is 38.1 Å². The summed E-state index contributed by atoms with van der Waals surface area (Å²) < 4.78 is 10.5. The number of carbonyl (C=O) groups excluding carboxylic acids is 1. The van der Waals surface area contributed by atoms with Crippen LogP contribution in [-0.2, 0) is 4.79 Å². The third kappa shape index (κ3) is 4.35. The van der Waals surface area contributed by atoms with Gasteiger partial charge in [-0.25, -0.2) is 4.98 Å². The van der Waals surface area contributed by atoms with Crippen molar-refractivity contribution in [3.05, 3.63) is 36.5 Å². The Labute approximate surface area is 135 Å². The summed E-state index contributed by atoms with van der Waals surface area (Å²) in [5, 5.41) is 5.97. The number of methoxy groups -OCH3 is 2. The summed E-state index contributed by atoms with van der Waals surface area (Å²) in [6.07, 6.45) is 1.66. The van der Waals surface area contributed by atoms with Crippen LogP contribution >= 0.6 is 0 Å². The number of benzene rings is 1. The van der Waals surface area contributed by atoms with E-state index in [1.165, 1.54) is 0 Å². The molecule has 1 heterocycles. The average molecular weight is 315 g/mol. The van der Waals surface area contributed by atoms with Crippen LogP contribution < -0.4 is 20.1 Å². The Kier molecular flexibility index (Phi) is 5.41. The fraction of sp³-hybridized carbons (Fsp3) is 0.294. The lowest BCUT2D eigenvalue weighted by Gasteiger charge is -2.12. The number of hydrogen-bond donors (Lipinski definition) is 2. The average Bonchev–Trinajstić information content (AvgIpc) is 2.56. The van der Waals surface area contributed by atoms with E-state index in [4.69, 9.17) is 9.47 Å². The van der Waals surface area contributed by atoms with E-state index >= 15 is 0 Å². The van der Waals surface area contributed by atoms with Crippen LogP contribution in [0, 0.1) is 5.92 Å². The van der Waals surface area contributed by atoms with Gasteiger partial charge in [-0.15, -0.1) is 0 Å². The number of aromatic nitrogens is 1. The summed E-state index contributed by atoms with van der Waals surface area (Å²) in [4.78, 5) is 15.8. The number of nitrogens with zero attached hydrogens (tertiary/aromatic N) is 1. The highest BCUT2D eigenvalue weighted by Gasteiger charge is 2.08. The lowest BCUT2D eigenvalue weighted by molar-refractivity contribution is -0.118. The molecule has 23 heavy (non-hydrogen) atoms. The van der Waals surface area contributed by atoms with Gasteiger partial charge in [0, 0.05) is 17.7 Å². The lowest BCUT2D eigenvalue weighted by atomic mass is 10.2. The summed E-state index contributed by atoms with van der Waals surface area (Å²) in [6.45, 7) is 3.67. The van der Waals surface area contributed by atoms with Crippen molar-refractivity contribution in [2.75, 3.05) is 24.9 Å². The zero-order valence-electron chi connectivity index (χ0n) is 13.7. The molecule has 0 spiro atoms. The molecular formula is C17H21N3O3. The minimum Gasteiger partial charge on any atom is -0.493 e. The molecule has 1 aromatic carbocycles. The molecule has 0 saturated carbocycles. The predicted molar refractivity (Wildman–Crippen MR) is 90.5 cm³/mol. The van der Waals surface area contributed by atoms with Gasteiger partial charge in [0.15, 0.2) is 11.5 Å². The topological polar surface area (TPSA) is 72.5 Å². The van der Waals surface area contributed by atoms with Gasteiger partial charge in [0.2, 0.25) is 5.91 Å². The van der Waals surface area contributed by atoms with Crippen LogP contribution in [0.25, 0.3) is 0 Å². The quantitative estimate of drug-likeness (QED) is 0.854. The lowest BCUT2D eigenvalue weighted by Crippen LogP contribution is -2.18. The minimum atomic E-state index is -0.0821. The Morgan fingerprint density at radius 1 is 1.04 bits per heavy atom. The smallest absolute Gasteiger partial charge is 0.228 e. The Morgan fingerprint density at radius 3 is 2.30 bits per heavy atom. The van der Waals surface area contributed by atoms with E-state index in [0.717, 1.165) is 11.4 Å². The van der Waals surface area contributed by atoms with E-state index in [9.17, 15) is 4.79 Å². The van der Waals surface area contributed by atoms with Crippen molar-refractivity contribution >= 4 is 23.1 Å². The fourth-order valence-electron chi connectivity index (χ4n) is 1.89. The molecule has 0 unspecified atom stereocenters. The van der Waals surface area contributed by atoms with Gasteiger partial charge in [-0.05, 0) is 24.3 Å². The molecule has 122 valence electrons. The van der Waals surface area contributed by atoms with E-state index in [2.05, 4.69) is 15.6 Å².